The average molecular weight is 356 g/mol. The number of nitrogens with one attached hydrogen (secondary N) is 1. The predicted molar refractivity (Wildman–Crippen MR) is 97.6 cm³/mol. The van der Waals surface area contributed by atoms with Gasteiger partial charge in [-0.1, -0.05) is 0 Å². The van der Waals surface area contributed by atoms with E-state index in [-0.39, 0.29) is 12.5 Å². The standard InChI is InChI=1S/C18H24N6O2/c1-11-7-12(2)20-18(19-11)23-16-8-15(21-13(3)22-16)14-5-4-6-24(9-14)10-17(25)26/h7-8,14H,4-6,9-10H2,1-3H3,(H,25,26)(H,19,20,21,22,23)/t14-/m0/s1. The van der Waals surface area contributed by atoms with Crippen molar-refractivity contribution < 1.29 is 9.90 Å². The van der Waals surface area contributed by atoms with Gasteiger partial charge in [-0.15, -0.1) is 0 Å². The van der Waals surface area contributed by atoms with Gasteiger partial charge in [-0.2, -0.15) is 0 Å². The summed E-state index contributed by atoms with van der Waals surface area (Å²) in [6, 6.07) is 3.84. The third-order valence-electron chi connectivity index (χ3n) is 4.36. The predicted octanol–water partition coefficient (Wildman–Crippen LogP) is 2.20. The van der Waals surface area contributed by atoms with Gasteiger partial charge in [0.05, 0.1) is 12.2 Å². The third kappa shape index (κ3) is 4.72. The molecular weight excluding hydrogens is 332 g/mol. The van der Waals surface area contributed by atoms with E-state index >= 15 is 0 Å². The molecule has 8 nitrogen and oxygen atoms in total. The number of rotatable bonds is 5. The van der Waals surface area contributed by atoms with E-state index in [2.05, 4.69) is 25.3 Å². The van der Waals surface area contributed by atoms with Crippen molar-refractivity contribution in [3.63, 3.8) is 0 Å². The molecule has 26 heavy (non-hydrogen) atoms. The molecule has 1 saturated heterocycles. The first-order valence-corrected chi connectivity index (χ1v) is 8.78. The van der Waals surface area contributed by atoms with E-state index in [1.54, 1.807) is 0 Å². The lowest BCUT2D eigenvalue weighted by Crippen LogP contribution is -2.38. The van der Waals surface area contributed by atoms with Crippen molar-refractivity contribution in [1.29, 1.82) is 0 Å². The van der Waals surface area contributed by atoms with Gasteiger partial charge in [0.2, 0.25) is 5.95 Å². The molecular formula is C18H24N6O2. The fourth-order valence-corrected chi connectivity index (χ4v) is 3.39. The summed E-state index contributed by atoms with van der Waals surface area (Å²) in [4.78, 5) is 30.8. The maximum absolute atomic E-state index is 11.0. The lowest BCUT2D eigenvalue weighted by atomic mass is 9.94. The molecule has 8 heteroatoms. The third-order valence-corrected chi connectivity index (χ3v) is 4.36. The van der Waals surface area contributed by atoms with Crippen LogP contribution >= 0.6 is 0 Å². The van der Waals surface area contributed by atoms with Crippen molar-refractivity contribution in [3.8, 4) is 0 Å². The minimum atomic E-state index is -0.793. The first kappa shape index (κ1) is 18.2. The summed E-state index contributed by atoms with van der Waals surface area (Å²) in [6.45, 7) is 7.29. The van der Waals surface area contributed by atoms with Gasteiger partial charge in [0.1, 0.15) is 11.6 Å². The number of anilines is 2. The molecule has 0 spiro atoms. The number of carbonyl (C=O) groups is 1. The van der Waals surface area contributed by atoms with Crippen LogP contribution in [0.5, 0.6) is 0 Å². The summed E-state index contributed by atoms with van der Waals surface area (Å²) in [6.07, 6.45) is 1.95. The zero-order valence-corrected chi connectivity index (χ0v) is 15.4. The number of nitrogens with zero attached hydrogens (tertiary/aromatic N) is 5. The highest BCUT2D eigenvalue weighted by molar-refractivity contribution is 5.69. The number of aromatic nitrogens is 4. The number of piperidine rings is 1. The van der Waals surface area contributed by atoms with Crippen LogP contribution in [0.1, 0.15) is 41.7 Å². The molecule has 3 heterocycles. The second kappa shape index (κ2) is 7.74. The van der Waals surface area contributed by atoms with Gasteiger partial charge >= 0.3 is 5.97 Å². The number of hydrogen-bond donors (Lipinski definition) is 2. The van der Waals surface area contributed by atoms with Crippen LogP contribution in [-0.2, 0) is 4.79 Å². The van der Waals surface area contributed by atoms with E-state index < -0.39 is 5.97 Å². The molecule has 0 radical (unpaired) electrons. The molecule has 0 bridgehead atoms. The van der Waals surface area contributed by atoms with Gasteiger partial charge in [-0.25, -0.2) is 19.9 Å². The second-order valence-electron chi connectivity index (χ2n) is 6.79. The zero-order valence-electron chi connectivity index (χ0n) is 15.4. The largest absolute Gasteiger partial charge is 0.480 e. The summed E-state index contributed by atoms with van der Waals surface area (Å²) in [5.74, 6) is 1.25. The van der Waals surface area contributed by atoms with Gasteiger partial charge in [0.15, 0.2) is 0 Å². The average Bonchev–Trinajstić information content (AvgIpc) is 2.53. The van der Waals surface area contributed by atoms with Gasteiger partial charge < -0.3 is 10.4 Å². The summed E-state index contributed by atoms with van der Waals surface area (Å²) in [5.41, 5.74) is 2.71. The smallest absolute Gasteiger partial charge is 0.317 e. The van der Waals surface area contributed by atoms with Crippen molar-refractivity contribution in [2.75, 3.05) is 25.0 Å². The van der Waals surface area contributed by atoms with E-state index in [4.69, 9.17) is 5.11 Å². The Hall–Kier alpha value is -2.61. The first-order chi connectivity index (χ1) is 12.4. The molecule has 2 N–H and O–H groups in total. The van der Waals surface area contributed by atoms with Crippen LogP contribution in [0.15, 0.2) is 12.1 Å². The number of carboxylic acid groups (broad SMARTS) is 1. The molecule has 1 atom stereocenters. The maximum atomic E-state index is 11.0. The molecule has 1 aliphatic heterocycles. The van der Waals surface area contributed by atoms with Crippen molar-refractivity contribution in [1.82, 2.24) is 24.8 Å². The maximum Gasteiger partial charge on any atom is 0.317 e. The van der Waals surface area contributed by atoms with Crippen molar-refractivity contribution in [2.24, 2.45) is 0 Å². The lowest BCUT2D eigenvalue weighted by molar-refractivity contribution is -0.138. The summed E-state index contributed by atoms with van der Waals surface area (Å²) < 4.78 is 0. The van der Waals surface area contributed by atoms with Crippen LogP contribution in [0, 0.1) is 20.8 Å². The van der Waals surface area contributed by atoms with Crippen molar-refractivity contribution in [3.05, 3.63) is 35.0 Å². The molecule has 138 valence electrons. The zero-order chi connectivity index (χ0) is 18.7. The Bertz CT molecular complexity index is 790. The van der Waals surface area contributed by atoms with Crippen molar-refractivity contribution in [2.45, 2.75) is 39.5 Å². The number of hydrogen-bond acceptors (Lipinski definition) is 7. The van der Waals surface area contributed by atoms with Crippen LogP contribution in [0.25, 0.3) is 0 Å². The van der Waals surface area contributed by atoms with E-state index in [9.17, 15) is 4.79 Å². The van der Waals surface area contributed by atoms with E-state index in [1.165, 1.54) is 0 Å². The normalized spacial score (nSPS) is 17.9. The monoisotopic (exact) mass is 356 g/mol. The molecule has 2 aromatic heterocycles. The van der Waals surface area contributed by atoms with Crippen LogP contribution < -0.4 is 5.32 Å². The van der Waals surface area contributed by atoms with Crippen LogP contribution in [-0.4, -0.2) is 55.5 Å². The Morgan fingerprint density at radius 1 is 1.19 bits per heavy atom. The topological polar surface area (TPSA) is 104 Å². The molecule has 1 aliphatic rings. The molecule has 0 unspecified atom stereocenters. The van der Waals surface area contributed by atoms with Gasteiger partial charge in [-0.05, 0) is 46.2 Å². The van der Waals surface area contributed by atoms with Gasteiger partial charge in [-0.3, -0.25) is 9.69 Å². The highest BCUT2D eigenvalue weighted by Crippen LogP contribution is 2.27. The Morgan fingerprint density at radius 3 is 2.62 bits per heavy atom. The molecule has 0 amide bonds. The Labute approximate surface area is 152 Å². The SMILES string of the molecule is Cc1cc(C)nc(Nc2cc([C@H]3CCCN(CC(=O)O)C3)nc(C)n2)n1. The Morgan fingerprint density at radius 2 is 1.92 bits per heavy atom. The highest BCUT2D eigenvalue weighted by Gasteiger charge is 2.24. The summed E-state index contributed by atoms with van der Waals surface area (Å²) in [5, 5.41) is 12.2. The fraction of sp³-hybridized carbons (Fsp3) is 0.500. The highest BCUT2D eigenvalue weighted by atomic mass is 16.4. The molecule has 1 fully saturated rings. The van der Waals surface area contributed by atoms with Crippen LogP contribution in [0.4, 0.5) is 11.8 Å². The molecule has 3 rings (SSSR count). The fourth-order valence-electron chi connectivity index (χ4n) is 3.39. The van der Waals surface area contributed by atoms with Crippen LogP contribution in [0.2, 0.25) is 0 Å². The lowest BCUT2D eigenvalue weighted by Gasteiger charge is -2.31. The second-order valence-corrected chi connectivity index (χ2v) is 6.79. The van der Waals surface area contributed by atoms with Crippen molar-refractivity contribution >= 4 is 17.7 Å². The van der Waals surface area contributed by atoms with Gasteiger partial charge in [0.25, 0.3) is 0 Å². The first-order valence-electron chi connectivity index (χ1n) is 8.78. The van der Waals surface area contributed by atoms with Gasteiger partial charge in [0, 0.05) is 29.9 Å². The minimum absolute atomic E-state index is 0.0715. The van der Waals surface area contributed by atoms with E-state index in [0.717, 1.165) is 36.5 Å². The molecule has 0 saturated carbocycles. The summed E-state index contributed by atoms with van der Waals surface area (Å²) >= 11 is 0. The quantitative estimate of drug-likeness (QED) is 0.840. The van der Waals surface area contributed by atoms with E-state index in [0.29, 0.717) is 24.1 Å². The van der Waals surface area contributed by atoms with E-state index in [1.807, 2.05) is 37.8 Å². The number of carboxylic acids is 1. The summed E-state index contributed by atoms with van der Waals surface area (Å²) in [7, 11) is 0. The van der Waals surface area contributed by atoms with Crippen LogP contribution in [0.3, 0.4) is 0 Å². The minimum Gasteiger partial charge on any atom is -0.480 e. The number of aliphatic carboxylic acids is 1. The number of likely N-dealkylation sites (tertiary alicyclic amines) is 1. The molecule has 0 aliphatic carbocycles. The Balaban J connectivity index is 1.79. The molecule has 2 aromatic rings. The molecule has 0 aromatic carbocycles. The Kier molecular flexibility index (Phi) is 5.41. The number of aryl methyl sites for hydroxylation is 3.